The Kier molecular flexibility index (Phi) is 6.17. The van der Waals surface area contributed by atoms with E-state index in [0.29, 0.717) is 32.1 Å². The summed E-state index contributed by atoms with van der Waals surface area (Å²) >= 11 is 2.23. The fourth-order valence-electron chi connectivity index (χ4n) is 3.46. The molecule has 7 heteroatoms. The van der Waals surface area contributed by atoms with Crippen molar-refractivity contribution in [3.05, 3.63) is 75.0 Å². The van der Waals surface area contributed by atoms with Gasteiger partial charge in [0.25, 0.3) is 5.91 Å². The molecular formula is C23H24IN5O. The molecule has 0 saturated carbocycles. The first-order valence-corrected chi connectivity index (χ1v) is 11.0. The van der Waals surface area contributed by atoms with Gasteiger partial charge in [0.2, 0.25) is 5.95 Å². The van der Waals surface area contributed by atoms with Crippen molar-refractivity contribution in [3.63, 3.8) is 0 Å². The van der Waals surface area contributed by atoms with E-state index in [-0.39, 0.29) is 5.91 Å². The second kappa shape index (κ2) is 8.99. The first-order chi connectivity index (χ1) is 14.5. The summed E-state index contributed by atoms with van der Waals surface area (Å²) in [5.74, 6) is 1.56. The molecule has 2 heterocycles. The van der Waals surface area contributed by atoms with E-state index in [1.54, 1.807) is 0 Å². The molecule has 3 aromatic rings. The fraction of sp³-hybridized carbons (Fsp3) is 0.261. The number of rotatable bonds is 4. The van der Waals surface area contributed by atoms with Crippen molar-refractivity contribution in [1.82, 2.24) is 14.9 Å². The van der Waals surface area contributed by atoms with Crippen molar-refractivity contribution in [1.29, 1.82) is 0 Å². The molecule has 2 aromatic carbocycles. The van der Waals surface area contributed by atoms with Crippen LogP contribution in [0.2, 0.25) is 0 Å². The number of nitrogens with one attached hydrogen (secondary N) is 1. The van der Waals surface area contributed by atoms with Gasteiger partial charge in [-0.15, -0.1) is 0 Å². The number of hydrogen-bond donors (Lipinski definition) is 1. The van der Waals surface area contributed by atoms with Crippen LogP contribution in [0.5, 0.6) is 0 Å². The summed E-state index contributed by atoms with van der Waals surface area (Å²) in [5, 5.41) is 3.36. The fourth-order valence-corrected chi connectivity index (χ4v) is 4.00. The summed E-state index contributed by atoms with van der Waals surface area (Å²) in [4.78, 5) is 26.2. The smallest absolute Gasteiger partial charge is 0.254 e. The van der Waals surface area contributed by atoms with Crippen LogP contribution in [0.1, 0.15) is 21.6 Å². The third-order valence-corrected chi connectivity index (χ3v) is 5.76. The second-order valence-electron chi connectivity index (χ2n) is 7.48. The molecule has 1 amide bonds. The van der Waals surface area contributed by atoms with Crippen LogP contribution in [0.3, 0.4) is 0 Å². The van der Waals surface area contributed by atoms with Gasteiger partial charge in [-0.25, -0.2) is 4.98 Å². The largest absolute Gasteiger partial charge is 0.340 e. The monoisotopic (exact) mass is 513 g/mol. The van der Waals surface area contributed by atoms with E-state index < -0.39 is 0 Å². The summed E-state index contributed by atoms with van der Waals surface area (Å²) in [6, 6.07) is 17.9. The number of piperazine rings is 1. The molecule has 0 unspecified atom stereocenters. The lowest BCUT2D eigenvalue weighted by Crippen LogP contribution is -2.49. The molecule has 0 aliphatic carbocycles. The quantitative estimate of drug-likeness (QED) is 0.524. The Morgan fingerprint density at radius 1 is 0.967 bits per heavy atom. The molecule has 1 N–H and O–H groups in total. The zero-order valence-corrected chi connectivity index (χ0v) is 19.3. The minimum atomic E-state index is 0.0834. The molecule has 0 radical (unpaired) electrons. The van der Waals surface area contributed by atoms with Crippen molar-refractivity contribution in [2.24, 2.45) is 0 Å². The number of aryl methyl sites for hydroxylation is 2. The third kappa shape index (κ3) is 4.89. The van der Waals surface area contributed by atoms with Crippen molar-refractivity contribution >= 4 is 46.0 Å². The van der Waals surface area contributed by atoms with E-state index in [1.807, 2.05) is 54.3 Å². The number of amides is 1. The minimum absolute atomic E-state index is 0.0834. The Labute approximate surface area is 190 Å². The van der Waals surface area contributed by atoms with E-state index in [9.17, 15) is 4.79 Å². The molecule has 1 aliphatic rings. The SMILES string of the molecule is Cc1ccc(Nc2cc(C)nc(N3CCN(C(=O)c4cccc(I)c4)CC3)n2)cc1. The number of carbonyl (C=O) groups is 1. The number of aromatic nitrogens is 2. The van der Waals surface area contributed by atoms with Crippen LogP contribution in [-0.2, 0) is 0 Å². The van der Waals surface area contributed by atoms with E-state index in [1.165, 1.54) is 5.56 Å². The van der Waals surface area contributed by atoms with Crippen LogP contribution in [0, 0.1) is 17.4 Å². The number of hydrogen-bond acceptors (Lipinski definition) is 5. The van der Waals surface area contributed by atoms with Gasteiger partial charge in [0.15, 0.2) is 0 Å². The molecule has 0 spiro atoms. The van der Waals surface area contributed by atoms with Crippen molar-refractivity contribution < 1.29 is 4.79 Å². The Morgan fingerprint density at radius 3 is 2.40 bits per heavy atom. The average molecular weight is 513 g/mol. The van der Waals surface area contributed by atoms with E-state index >= 15 is 0 Å². The number of nitrogens with zero attached hydrogens (tertiary/aromatic N) is 4. The Bertz CT molecular complexity index is 1050. The lowest BCUT2D eigenvalue weighted by atomic mass is 10.2. The van der Waals surface area contributed by atoms with Crippen molar-refractivity contribution in [3.8, 4) is 0 Å². The first-order valence-electron chi connectivity index (χ1n) is 9.97. The standard InChI is InChI=1S/C23H24IN5O/c1-16-6-8-20(9-7-16)26-21-14-17(2)25-23(27-21)29-12-10-28(11-13-29)22(30)18-4-3-5-19(24)15-18/h3-9,14-15H,10-13H2,1-2H3,(H,25,26,27). The molecule has 0 atom stereocenters. The van der Waals surface area contributed by atoms with Crippen LogP contribution in [0.4, 0.5) is 17.5 Å². The maximum Gasteiger partial charge on any atom is 0.254 e. The number of benzene rings is 2. The molecule has 4 rings (SSSR count). The highest BCUT2D eigenvalue weighted by Crippen LogP contribution is 2.20. The van der Waals surface area contributed by atoms with Crippen molar-refractivity contribution in [2.75, 3.05) is 36.4 Å². The molecule has 1 aliphatic heterocycles. The molecule has 1 fully saturated rings. The predicted molar refractivity (Wildman–Crippen MR) is 129 cm³/mol. The molecule has 30 heavy (non-hydrogen) atoms. The van der Waals surface area contributed by atoms with Gasteiger partial charge in [-0.2, -0.15) is 4.98 Å². The van der Waals surface area contributed by atoms with Crippen LogP contribution in [-0.4, -0.2) is 47.0 Å². The van der Waals surface area contributed by atoms with E-state index in [2.05, 4.69) is 56.8 Å². The molecule has 1 aromatic heterocycles. The summed E-state index contributed by atoms with van der Waals surface area (Å²) in [6.45, 7) is 6.78. The first kappa shape index (κ1) is 20.6. The van der Waals surface area contributed by atoms with Gasteiger partial charge in [-0.05, 0) is 66.8 Å². The van der Waals surface area contributed by atoms with Crippen LogP contribution < -0.4 is 10.2 Å². The summed E-state index contributed by atoms with van der Waals surface area (Å²) in [6.07, 6.45) is 0. The zero-order chi connectivity index (χ0) is 21.1. The maximum atomic E-state index is 12.8. The highest BCUT2D eigenvalue weighted by atomic mass is 127. The number of carbonyl (C=O) groups excluding carboxylic acids is 1. The topological polar surface area (TPSA) is 61.4 Å². The summed E-state index contributed by atoms with van der Waals surface area (Å²) in [5.41, 5.74) is 3.87. The van der Waals surface area contributed by atoms with Gasteiger partial charge < -0.3 is 15.1 Å². The molecular weight excluding hydrogens is 489 g/mol. The summed E-state index contributed by atoms with van der Waals surface area (Å²) < 4.78 is 1.07. The lowest BCUT2D eigenvalue weighted by Gasteiger charge is -2.35. The average Bonchev–Trinajstić information content (AvgIpc) is 2.74. The van der Waals surface area contributed by atoms with Gasteiger partial charge >= 0.3 is 0 Å². The van der Waals surface area contributed by atoms with Crippen LogP contribution >= 0.6 is 22.6 Å². The third-order valence-electron chi connectivity index (χ3n) is 5.09. The van der Waals surface area contributed by atoms with Gasteiger partial charge in [-0.1, -0.05) is 23.8 Å². The minimum Gasteiger partial charge on any atom is -0.340 e. The molecule has 6 nitrogen and oxygen atoms in total. The highest BCUT2D eigenvalue weighted by molar-refractivity contribution is 14.1. The van der Waals surface area contributed by atoms with Gasteiger partial charge in [0.05, 0.1) is 0 Å². The Balaban J connectivity index is 1.43. The molecule has 154 valence electrons. The normalized spacial score (nSPS) is 14.0. The van der Waals surface area contributed by atoms with Crippen LogP contribution in [0.15, 0.2) is 54.6 Å². The number of halogens is 1. The summed E-state index contributed by atoms with van der Waals surface area (Å²) in [7, 11) is 0. The zero-order valence-electron chi connectivity index (χ0n) is 17.1. The lowest BCUT2D eigenvalue weighted by molar-refractivity contribution is 0.0746. The second-order valence-corrected chi connectivity index (χ2v) is 8.72. The van der Waals surface area contributed by atoms with Gasteiger partial charge in [-0.3, -0.25) is 4.79 Å². The Morgan fingerprint density at radius 2 is 1.70 bits per heavy atom. The molecule has 0 bridgehead atoms. The Hall–Kier alpha value is -2.68. The van der Waals surface area contributed by atoms with E-state index in [4.69, 9.17) is 4.98 Å². The van der Waals surface area contributed by atoms with Crippen molar-refractivity contribution in [2.45, 2.75) is 13.8 Å². The van der Waals surface area contributed by atoms with E-state index in [0.717, 1.165) is 26.3 Å². The van der Waals surface area contributed by atoms with Crippen LogP contribution in [0.25, 0.3) is 0 Å². The maximum absolute atomic E-state index is 12.8. The highest BCUT2D eigenvalue weighted by Gasteiger charge is 2.24. The molecule has 1 saturated heterocycles. The van der Waals surface area contributed by atoms with Gasteiger partial charge in [0, 0.05) is 52.8 Å². The van der Waals surface area contributed by atoms with Gasteiger partial charge in [0.1, 0.15) is 5.82 Å². The number of anilines is 3. The predicted octanol–water partition coefficient (Wildman–Crippen LogP) is 4.40.